The van der Waals surface area contributed by atoms with Crippen LogP contribution >= 0.6 is 34.8 Å². The molecule has 0 saturated heterocycles. The van der Waals surface area contributed by atoms with Gasteiger partial charge in [0.25, 0.3) is 0 Å². The molecule has 0 spiro atoms. The summed E-state index contributed by atoms with van der Waals surface area (Å²) in [6, 6.07) is 5.57. The van der Waals surface area contributed by atoms with Gasteiger partial charge in [0, 0.05) is 15.9 Å². The van der Waals surface area contributed by atoms with Gasteiger partial charge >= 0.3 is 0 Å². The zero-order valence-electron chi connectivity index (χ0n) is 8.56. The highest BCUT2D eigenvalue weighted by atomic mass is 35.5. The lowest BCUT2D eigenvalue weighted by molar-refractivity contribution is 1.09. The summed E-state index contributed by atoms with van der Waals surface area (Å²) in [6.45, 7) is 2.06. The fraction of sp³-hybridized carbons (Fsp3) is 0.333. The van der Waals surface area contributed by atoms with Gasteiger partial charge in [-0.1, -0.05) is 40.9 Å². The number of benzene rings is 1. The second-order valence-electron chi connectivity index (χ2n) is 3.41. The molecule has 0 fully saturated rings. The number of halogens is 3. The molecule has 1 aromatic carbocycles. The molecular weight excluding hydrogens is 250 g/mol. The van der Waals surface area contributed by atoms with Gasteiger partial charge in [-0.15, -0.1) is 11.6 Å². The second kappa shape index (κ2) is 6.42. The van der Waals surface area contributed by atoms with Gasteiger partial charge in [-0.2, -0.15) is 0 Å². The van der Waals surface area contributed by atoms with Crippen LogP contribution in [0.3, 0.4) is 0 Å². The first-order chi connectivity index (χ1) is 7.15. The van der Waals surface area contributed by atoms with Gasteiger partial charge in [-0.25, -0.2) is 0 Å². The van der Waals surface area contributed by atoms with Crippen LogP contribution in [0.15, 0.2) is 29.8 Å². The van der Waals surface area contributed by atoms with E-state index in [2.05, 4.69) is 13.0 Å². The van der Waals surface area contributed by atoms with Gasteiger partial charge in [0.1, 0.15) is 0 Å². The summed E-state index contributed by atoms with van der Waals surface area (Å²) in [4.78, 5) is 0. The van der Waals surface area contributed by atoms with Crippen molar-refractivity contribution in [2.75, 3.05) is 5.88 Å². The van der Waals surface area contributed by atoms with E-state index in [1.807, 2.05) is 18.2 Å². The van der Waals surface area contributed by atoms with Crippen molar-refractivity contribution in [2.24, 2.45) is 0 Å². The Morgan fingerprint density at radius 1 is 1.27 bits per heavy atom. The highest BCUT2D eigenvalue weighted by Gasteiger charge is 2.05. The SMILES string of the molecule is CC(=CCCCl)Cc1c(Cl)cccc1Cl. The van der Waals surface area contributed by atoms with Gasteiger partial charge in [0.2, 0.25) is 0 Å². The third-order valence-corrected chi connectivity index (χ3v) is 3.05. The van der Waals surface area contributed by atoms with Gasteiger partial charge in [-0.05, 0) is 37.5 Å². The van der Waals surface area contributed by atoms with E-state index in [-0.39, 0.29) is 0 Å². The molecule has 0 atom stereocenters. The predicted octanol–water partition coefficient (Wildman–Crippen LogP) is 5.11. The Bertz CT molecular complexity index is 336. The maximum Gasteiger partial charge on any atom is 0.0456 e. The monoisotopic (exact) mass is 262 g/mol. The number of hydrogen-bond acceptors (Lipinski definition) is 0. The standard InChI is InChI=1S/C12H13Cl3/c1-9(4-3-7-13)8-10-11(14)5-2-6-12(10)15/h2,4-6H,3,7-8H2,1H3. The lowest BCUT2D eigenvalue weighted by atomic mass is 10.1. The van der Waals surface area contributed by atoms with Gasteiger partial charge < -0.3 is 0 Å². The van der Waals surface area contributed by atoms with Crippen LogP contribution in [0.1, 0.15) is 18.9 Å². The Balaban J connectivity index is 2.80. The Labute approximate surface area is 106 Å². The van der Waals surface area contributed by atoms with Crippen molar-refractivity contribution < 1.29 is 0 Å². The molecule has 0 aliphatic heterocycles. The molecule has 0 bridgehead atoms. The molecule has 0 saturated carbocycles. The molecule has 0 amide bonds. The Morgan fingerprint density at radius 2 is 1.87 bits per heavy atom. The number of rotatable bonds is 4. The summed E-state index contributed by atoms with van der Waals surface area (Å²) in [7, 11) is 0. The molecule has 0 aliphatic carbocycles. The zero-order chi connectivity index (χ0) is 11.3. The van der Waals surface area contributed by atoms with Crippen LogP contribution in [0.25, 0.3) is 0 Å². The summed E-state index contributed by atoms with van der Waals surface area (Å²) in [6.07, 6.45) is 3.79. The van der Waals surface area contributed by atoms with Crippen LogP contribution in [0.5, 0.6) is 0 Å². The lowest BCUT2D eigenvalue weighted by Crippen LogP contribution is -1.90. The minimum Gasteiger partial charge on any atom is -0.126 e. The van der Waals surface area contributed by atoms with Crippen molar-refractivity contribution in [1.82, 2.24) is 0 Å². The lowest BCUT2D eigenvalue weighted by Gasteiger charge is -2.06. The Kier molecular flexibility index (Phi) is 5.52. The van der Waals surface area contributed by atoms with Crippen LogP contribution in [0.2, 0.25) is 10.0 Å². The van der Waals surface area contributed by atoms with Crippen LogP contribution in [0.4, 0.5) is 0 Å². The quantitative estimate of drug-likeness (QED) is 0.523. The third kappa shape index (κ3) is 4.06. The molecule has 0 heterocycles. The van der Waals surface area contributed by atoms with Crippen molar-refractivity contribution >= 4 is 34.8 Å². The molecule has 0 radical (unpaired) electrons. The molecule has 0 aliphatic rings. The Hall–Kier alpha value is -0.170. The molecule has 15 heavy (non-hydrogen) atoms. The van der Waals surface area contributed by atoms with Gasteiger partial charge in [0.05, 0.1) is 0 Å². The first kappa shape index (κ1) is 12.9. The first-order valence-corrected chi connectivity index (χ1v) is 6.08. The maximum atomic E-state index is 6.07. The second-order valence-corrected chi connectivity index (χ2v) is 4.60. The number of hydrogen-bond donors (Lipinski definition) is 0. The van der Waals surface area contributed by atoms with E-state index in [1.165, 1.54) is 5.57 Å². The van der Waals surface area contributed by atoms with Crippen LogP contribution < -0.4 is 0 Å². The molecule has 1 rings (SSSR count). The van der Waals surface area contributed by atoms with Crippen molar-refractivity contribution in [3.05, 3.63) is 45.5 Å². The van der Waals surface area contributed by atoms with Gasteiger partial charge in [-0.3, -0.25) is 0 Å². The predicted molar refractivity (Wildman–Crippen MR) is 69.3 cm³/mol. The van der Waals surface area contributed by atoms with E-state index in [0.29, 0.717) is 5.88 Å². The summed E-state index contributed by atoms with van der Waals surface area (Å²) < 4.78 is 0. The normalized spacial score (nSPS) is 11.9. The average Bonchev–Trinajstić information content (AvgIpc) is 2.21. The number of allylic oxidation sites excluding steroid dienone is 2. The van der Waals surface area contributed by atoms with Crippen molar-refractivity contribution in [3.8, 4) is 0 Å². The molecule has 0 unspecified atom stereocenters. The smallest absolute Gasteiger partial charge is 0.0456 e. The van der Waals surface area contributed by atoms with Crippen molar-refractivity contribution in [3.63, 3.8) is 0 Å². The van der Waals surface area contributed by atoms with Crippen LogP contribution in [-0.2, 0) is 6.42 Å². The molecule has 82 valence electrons. The molecule has 3 heteroatoms. The molecule has 0 nitrogen and oxygen atoms in total. The van der Waals surface area contributed by atoms with Crippen molar-refractivity contribution in [2.45, 2.75) is 19.8 Å². The van der Waals surface area contributed by atoms with E-state index in [4.69, 9.17) is 34.8 Å². The maximum absolute atomic E-state index is 6.07. The first-order valence-electron chi connectivity index (χ1n) is 4.79. The van der Waals surface area contributed by atoms with E-state index in [1.54, 1.807) is 0 Å². The van der Waals surface area contributed by atoms with Crippen LogP contribution in [0, 0.1) is 0 Å². The minimum atomic E-state index is 0.646. The highest BCUT2D eigenvalue weighted by Crippen LogP contribution is 2.26. The van der Waals surface area contributed by atoms with E-state index in [9.17, 15) is 0 Å². The summed E-state index contributed by atoms with van der Waals surface area (Å²) in [5.74, 6) is 0.646. The summed E-state index contributed by atoms with van der Waals surface area (Å²) in [5, 5.41) is 1.45. The van der Waals surface area contributed by atoms with Crippen LogP contribution in [-0.4, -0.2) is 5.88 Å². The Morgan fingerprint density at radius 3 is 2.40 bits per heavy atom. The minimum absolute atomic E-state index is 0.646. The third-order valence-electron chi connectivity index (χ3n) is 2.12. The fourth-order valence-corrected chi connectivity index (χ4v) is 1.99. The molecule has 0 N–H and O–H groups in total. The molecular formula is C12H13Cl3. The largest absolute Gasteiger partial charge is 0.126 e. The zero-order valence-corrected chi connectivity index (χ0v) is 10.8. The molecule has 1 aromatic rings. The number of alkyl halides is 1. The summed E-state index contributed by atoms with van der Waals surface area (Å²) >= 11 is 17.8. The fourth-order valence-electron chi connectivity index (χ4n) is 1.35. The average molecular weight is 264 g/mol. The topological polar surface area (TPSA) is 0 Å². The van der Waals surface area contributed by atoms with E-state index < -0.39 is 0 Å². The molecule has 0 aromatic heterocycles. The van der Waals surface area contributed by atoms with Gasteiger partial charge in [0.15, 0.2) is 0 Å². The highest BCUT2D eigenvalue weighted by molar-refractivity contribution is 6.36. The summed E-state index contributed by atoms with van der Waals surface area (Å²) in [5.41, 5.74) is 2.23. The van der Waals surface area contributed by atoms with E-state index in [0.717, 1.165) is 28.5 Å². The van der Waals surface area contributed by atoms with E-state index >= 15 is 0 Å². The van der Waals surface area contributed by atoms with Crippen molar-refractivity contribution in [1.29, 1.82) is 0 Å².